The molecule has 0 spiro atoms. The zero-order valence-electron chi connectivity index (χ0n) is 11.0. The molecule has 100 valence electrons. The monoisotopic (exact) mass is 242 g/mol. The van der Waals surface area contributed by atoms with Gasteiger partial charge in [0.15, 0.2) is 0 Å². The van der Waals surface area contributed by atoms with Crippen LogP contribution in [0.15, 0.2) is 0 Å². The maximum atomic E-state index is 9.20. The molecule has 0 bridgehead atoms. The summed E-state index contributed by atoms with van der Waals surface area (Å²) < 4.78 is 5.49. The second-order valence-corrected chi connectivity index (χ2v) is 5.72. The molecule has 0 aromatic heterocycles. The van der Waals surface area contributed by atoms with Crippen molar-refractivity contribution in [1.29, 1.82) is 0 Å². The summed E-state index contributed by atoms with van der Waals surface area (Å²) in [5.74, 6) is 0.501. The quantitative estimate of drug-likeness (QED) is 0.729. The molecule has 0 aromatic rings. The average Bonchev–Trinajstić information content (AvgIpc) is 2.78. The number of hydrogen-bond acceptors (Lipinski definition) is 4. The van der Waals surface area contributed by atoms with Gasteiger partial charge in [0, 0.05) is 39.5 Å². The van der Waals surface area contributed by atoms with Gasteiger partial charge in [0.1, 0.15) is 0 Å². The molecule has 4 nitrogen and oxygen atoms in total. The van der Waals surface area contributed by atoms with Gasteiger partial charge in [-0.25, -0.2) is 0 Å². The van der Waals surface area contributed by atoms with Gasteiger partial charge in [0.2, 0.25) is 0 Å². The number of hydrogen-bond donors (Lipinski definition) is 2. The standard InChI is InChI=1S/C13H26N2O2/c1-14-10-13(3-6-17-7-4-13)11-15-5-2-12(8-15)9-16/h12,14,16H,2-11H2,1H3. The summed E-state index contributed by atoms with van der Waals surface area (Å²) in [5.41, 5.74) is 0.386. The molecule has 2 aliphatic heterocycles. The lowest BCUT2D eigenvalue weighted by Crippen LogP contribution is -2.46. The Hall–Kier alpha value is -0.160. The minimum atomic E-state index is 0.346. The first-order chi connectivity index (χ1) is 8.28. The molecule has 2 fully saturated rings. The largest absolute Gasteiger partial charge is 0.396 e. The van der Waals surface area contributed by atoms with Crippen LogP contribution in [0.1, 0.15) is 19.3 Å². The second kappa shape index (κ2) is 6.14. The van der Waals surface area contributed by atoms with Crippen molar-refractivity contribution >= 4 is 0 Å². The van der Waals surface area contributed by atoms with Crippen LogP contribution in [0.5, 0.6) is 0 Å². The van der Waals surface area contributed by atoms with E-state index in [-0.39, 0.29) is 0 Å². The molecule has 4 heteroatoms. The predicted molar refractivity (Wildman–Crippen MR) is 68.0 cm³/mol. The van der Waals surface area contributed by atoms with Crippen molar-refractivity contribution < 1.29 is 9.84 Å². The molecule has 0 amide bonds. The molecular weight excluding hydrogens is 216 g/mol. The molecule has 1 unspecified atom stereocenters. The minimum Gasteiger partial charge on any atom is -0.396 e. The van der Waals surface area contributed by atoms with E-state index in [1.165, 1.54) is 0 Å². The van der Waals surface area contributed by atoms with Gasteiger partial charge in [-0.05, 0) is 44.2 Å². The minimum absolute atomic E-state index is 0.346. The van der Waals surface area contributed by atoms with Crippen LogP contribution < -0.4 is 5.32 Å². The highest BCUT2D eigenvalue weighted by Crippen LogP contribution is 2.32. The van der Waals surface area contributed by atoms with Crippen molar-refractivity contribution in [1.82, 2.24) is 10.2 Å². The lowest BCUT2D eigenvalue weighted by Gasteiger charge is -2.40. The van der Waals surface area contributed by atoms with Crippen molar-refractivity contribution in [3.8, 4) is 0 Å². The van der Waals surface area contributed by atoms with Crippen molar-refractivity contribution in [2.45, 2.75) is 19.3 Å². The number of rotatable bonds is 5. The highest BCUT2D eigenvalue weighted by molar-refractivity contribution is 4.89. The van der Waals surface area contributed by atoms with Crippen LogP contribution in [0.25, 0.3) is 0 Å². The maximum Gasteiger partial charge on any atom is 0.0472 e. The molecule has 0 radical (unpaired) electrons. The number of nitrogens with one attached hydrogen (secondary N) is 1. The van der Waals surface area contributed by atoms with E-state index in [0.29, 0.717) is 17.9 Å². The third kappa shape index (κ3) is 3.41. The molecule has 1 atom stereocenters. The van der Waals surface area contributed by atoms with E-state index in [1.807, 2.05) is 7.05 Å². The van der Waals surface area contributed by atoms with Gasteiger partial charge >= 0.3 is 0 Å². The SMILES string of the molecule is CNCC1(CN2CCC(CO)C2)CCOCC1. The summed E-state index contributed by atoms with van der Waals surface area (Å²) in [5, 5.41) is 12.5. The zero-order valence-corrected chi connectivity index (χ0v) is 11.0. The van der Waals surface area contributed by atoms with E-state index in [4.69, 9.17) is 4.74 Å². The molecule has 0 saturated carbocycles. The van der Waals surface area contributed by atoms with E-state index in [1.54, 1.807) is 0 Å². The molecule has 17 heavy (non-hydrogen) atoms. The van der Waals surface area contributed by atoms with Gasteiger partial charge in [0.25, 0.3) is 0 Å². The van der Waals surface area contributed by atoms with Gasteiger partial charge in [-0.2, -0.15) is 0 Å². The number of aliphatic hydroxyl groups excluding tert-OH is 1. The predicted octanol–water partition coefficient (Wildman–Crippen LogP) is 0.317. The summed E-state index contributed by atoms with van der Waals surface area (Å²) in [6.07, 6.45) is 3.48. The average molecular weight is 242 g/mol. The summed E-state index contributed by atoms with van der Waals surface area (Å²) in [7, 11) is 2.04. The Morgan fingerprint density at radius 3 is 2.76 bits per heavy atom. The van der Waals surface area contributed by atoms with Gasteiger partial charge in [-0.3, -0.25) is 0 Å². The van der Waals surface area contributed by atoms with Crippen LogP contribution >= 0.6 is 0 Å². The van der Waals surface area contributed by atoms with Crippen molar-refractivity contribution in [3.05, 3.63) is 0 Å². The lowest BCUT2D eigenvalue weighted by molar-refractivity contribution is -0.000863. The molecule has 2 saturated heterocycles. The molecule has 2 rings (SSSR count). The molecular formula is C13H26N2O2. The first kappa shape index (κ1) is 13.3. The Kier molecular flexibility index (Phi) is 4.79. The number of ether oxygens (including phenoxy) is 1. The van der Waals surface area contributed by atoms with Crippen LogP contribution in [-0.4, -0.2) is 63.1 Å². The summed E-state index contributed by atoms with van der Waals surface area (Å²) in [6.45, 7) is 6.61. The fraction of sp³-hybridized carbons (Fsp3) is 1.00. The molecule has 2 aliphatic rings. The fourth-order valence-electron chi connectivity index (χ4n) is 3.25. The van der Waals surface area contributed by atoms with Gasteiger partial charge < -0.3 is 20.1 Å². The topological polar surface area (TPSA) is 44.7 Å². The van der Waals surface area contributed by atoms with Crippen molar-refractivity contribution in [2.75, 3.05) is 53.0 Å². The smallest absolute Gasteiger partial charge is 0.0472 e. The zero-order chi connectivity index (χ0) is 12.1. The van der Waals surface area contributed by atoms with Gasteiger partial charge in [-0.15, -0.1) is 0 Å². The Labute approximate surface area is 104 Å². The van der Waals surface area contributed by atoms with E-state index in [0.717, 1.165) is 58.7 Å². The van der Waals surface area contributed by atoms with Crippen LogP contribution in [0, 0.1) is 11.3 Å². The maximum absolute atomic E-state index is 9.20. The van der Waals surface area contributed by atoms with Crippen LogP contribution in [-0.2, 0) is 4.74 Å². The van der Waals surface area contributed by atoms with Crippen LogP contribution in [0.3, 0.4) is 0 Å². The van der Waals surface area contributed by atoms with Gasteiger partial charge in [0.05, 0.1) is 0 Å². The van der Waals surface area contributed by atoms with E-state index < -0.39 is 0 Å². The first-order valence-corrected chi connectivity index (χ1v) is 6.83. The summed E-state index contributed by atoms with van der Waals surface area (Å²) in [4.78, 5) is 2.53. The second-order valence-electron chi connectivity index (χ2n) is 5.72. The Morgan fingerprint density at radius 1 is 1.41 bits per heavy atom. The number of aliphatic hydroxyl groups is 1. The molecule has 0 aliphatic carbocycles. The third-order valence-corrected chi connectivity index (χ3v) is 4.29. The van der Waals surface area contributed by atoms with Crippen LogP contribution in [0.2, 0.25) is 0 Å². The highest BCUT2D eigenvalue weighted by atomic mass is 16.5. The first-order valence-electron chi connectivity index (χ1n) is 6.83. The molecule has 0 aromatic carbocycles. The lowest BCUT2D eigenvalue weighted by atomic mass is 9.79. The number of nitrogens with zero attached hydrogens (tertiary/aromatic N) is 1. The Morgan fingerprint density at radius 2 is 2.18 bits per heavy atom. The van der Waals surface area contributed by atoms with Crippen molar-refractivity contribution in [3.63, 3.8) is 0 Å². The summed E-state index contributed by atoms with van der Waals surface area (Å²) in [6, 6.07) is 0. The van der Waals surface area contributed by atoms with E-state index >= 15 is 0 Å². The summed E-state index contributed by atoms with van der Waals surface area (Å²) >= 11 is 0. The highest BCUT2D eigenvalue weighted by Gasteiger charge is 2.35. The normalized spacial score (nSPS) is 29.6. The Bertz CT molecular complexity index is 224. The van der Waals surface area contributed by atoms with E-state index in [9.17, 15) is 5.11 Å². The number of likely N-dealkylation sites (tertiary alicyclic amines) is 1. The Balaban J connectivity index is 1.88. The molecule has 2 N–H and O–H groups in total. The van der Waals surface area contributed by atoms with E-state index in [2.05, 4.69) is 10.2 Å². The molecule has 2 heterocycles. The van der Waals surface area contributed by atoms with Crippen molar-refractivity contribution in [2.24, 2.45) is 11.3 Å². The van der Waals surface area contributed by atoms with Crippen LogP contribution in [0.4, 0.5) is 0 Å². The fourth-order valence-corrected chi connectivity index (χ4v) is 3.25. The third-order valence-electron chi connectivity index (χ3n) is 4.29. The van der Waals surface area contributed by atoms with Gasteiger partial charge in [-0.1, -0.05) is 0 Å².